The average Bonchev–Trinajstić information content (AvgIpc) is 2.21. The van der Waals surface area contributed by atoms with Gasteiger partial charge in [0.05, 0.1) is 18.2 Å². The summed E-state index contributed by atoms with van der Waals surface area (Å²) in [5.74, 6) is 0. The predicted octanol–water partition coefficient (Wildman–Crippen LogP) is 2.82. The van der Waals surface area contributed by atoms with E-state index in [0.717, 1.165) is 24.8 Å². The Labute approximate surface area is 84.9 Å². The molecule has 0 unspecified atom stereocenters. The quantitative estimate of drug-likeness (QED) is 0.474. The zero-order chi connectivity index (χ0) is 10.6. The molecule has 3 heteroatoms. The molecule has 0 fully saturated rings. The maximum atomic E-state index is 8.42. The summed E-state index contributed by atoms with van der Waals surface area (Å²) < 4.78 is 0. The average molecular weight is 187 g/mol. The van der Waals surface area contributed by atoms with Crippen molar-refractivity contribution in [2.75, 3.05) is 0 Å². The molecule has 3 nitrogen and oxygen atoms in total. The van der Waals surface area contributed by atoms with Crippen LogP contribution in [0.4, 0.5) is 0 Å². The zero-order valence-corrected chi connectivity index (χ0v) is 8.16. The van der Waals surface area contributed by atoms with E-state index in [9.17, 15) is 0 Å². The van der Waals surface area contributed by atoms with Crippen molar-refractivity contribution < 1.29 is 0 Å². The fourth-order valence-electron chi connectivity index (χ4n) is 1.10. The van der Waals surface area contributed by atoms with E-state index in [0.29, 0.717) is 19.3 Å². The number of nitriles is 3. The third-order valence-corrected chi connectivity index (χ3v) is 1.80. The SMILES string of the molecule is N#CCCC=C(CCC#N)CCC#N. The Morgan fingerprint density at radius 2 is 1.36 bits per heavy atom. The summed E-state index contributed by atoms with van der Waals surface area (Å²) in [7, 11) is 0. The highest BCUT2D eigenvalue weighted by atomic mass is 14.2. The van der Waals surface area contributed by atoms with Crippen molar-refractivity contribution in [3.05, 3.63) is 11.6 Å². The first-order valence-electron chi connectivity index (χ1n) is 4.64. The molecular formula is C11H13N3. The Bertz CT molecular complexity index is 276. The predicted molar refractivity (Wildman–Crippen MR) is 52.6 cm³/mol. The van der Waals surface area contributed by atoms with E-state index in [1.165, 1.54) is 0 Å². The minimum Gasteiger partial charge on any atom is -0.198 e. The van der Waals surface area contributed by atoms with Gasteiger partial charge in [0.25, 0.3) is 0 Å². The van der Waals surface area contributed by atoms with Gasteiger partial charge in [-0.1, -0.05) is 11.6 Å². The van der Waals surface area contributed by atoms with Crippen molar-refractivity contribution in [2.24, 2.45) is 0 Å². The van der Waals surface area contributed by atoms with Crippen LogP contribution in [-0.2, 0) is 0 Å². The third kappa shape index (κ3) is 6.89. The van der Waals surface area contributed by atoms with Gasteiger partial charge in [0.2, 0.25) is 0 Å². The zero-order valence-electron chi connectivity index (χ0n) is 8.16. The Morgan fingerprint density at radius 3 is 1.79 bits per heavy atom. The Hall–Kier alpha value is -1.79. The summed E-state index contributed by atoms with van der Waals surface area (Å²) in [6.07, 6.45) is 5.64. The number of allylic oxidation sites excluding steroid dienone is 2. The van der Waals surface area contributed by atoms with Gasteiger partial charge in [0, 0.05) is 19.3 Å². The van der Waals surface area contributed by atoms with Crippen LogP contribution in [0.1, 0.15) is 38.5 Å². The van der Waals surface area contributed by atoms with Crippen LogP contribution in [-0.4, -0.2) is 0 Å². The van der Waals surface area contributed by atoms with E-state index in [4.69, 9.17) is 15.8 Å². The van der Waals surface area contributed by atoms with E-state index in [2.05, 4.69) is 18.2 Å². The second kappa shape index (κ2) is 9.30. The summed E-state index contributed by atoms with van der Waals surface area (Å²) in [4.78, 5) is 0. The molecule has 0 saturated heterocycles. The Kier molecular flexibility index (Phi) is 8.11. The van der Waals surface area contributed by atoms with Crippen molar-refractivity contribution in [1.29, 1.82) is 15.8 Å². The van der Waals surface area contributed by atoms with Crippen LogP contribution in [0, 0.1) is 34.0 Å². The van der Waals surface area contributed by atoms with Crippen LogP contribution in [0.15, 0.2) is 11.6 Å². The lowest BCUT2D eigenvalue weighted by molar-refractivity contribution is 0.856. The lowest BCUT2D eigenvalue weighted by atomic mass is 10.0. The number of hydrogen-bond donors (Lipinski definition) is 0. The molecule has 0 aromatic carbocycles. The van der Waals surface area contributed by atoms with E-state index in [1.54, 1.807) is 0 Å². The molecule has 0 N–H and O–H groups in total. The monoisotopic (exact) mass is 187 g/mol. The molecule has 72 valence electrons. The molecule has 0 aromatic rings. The van der Waals surface area contributed by atoms with Gasteiger partial charge in [-0.2, -0.15) is 15.8 Å². The van der Waals surface area contributed by atoms with Gasteiger partial charge in [-0.25, -0.2) is 0 Å². The van der Waals surface area contributed by atoms with Crippen LogP contribution >= 0.6 is 0 Å². The molecule has 0 aliphatic carbocycles. The fraction of sp³-hybridized carbons (Fsp3) is 0.545. The Balaban J connectivity index is 3.98. The molecule has 0 rings (SSSR count). The van der Waals surface area contributed by atoms with Gasteiger partial charge in [-0.05, 0) is 19.3 Å². The van der Waals surface area contributed by atoms with E-state index in [-0.39, 0.29) is 0 Å². The van der Waals surface area contributed by atoms with Gasteiger partial charge in [0.15, 0.2) is 0 Å². The van der Waals surface area contributed by atoms with Gasteiger partial charge in [-0.15, -0.1) is 0 Å². The molecule has 0 amide bonds. The molecule has 0 saturated carbocycles. The highest BCUT2D eigenvalue weighted by Gasteiger charge is 1.96. The molecule has 0 atom stereocenters. The minimum atomic E-state index is 0.490. The Morgan fingerprint density at radius 1 is 0.857 bits per heavy atom. The smallest absolute Gasteiger partial charge is 0.0625 e. The standard InChI is InChI=1S/C11H13N3/c12-8-2-1-5-11(6-3-9-13)7-4-10-14/h5H,1-4,6-7H2. The van der Waals surface area contributed by atoms with Crippen LogP contribution in [0.25, 0.3) is 0 Å². The van der Waals surface area contributed by atoms with Crippen molar-refractivity contribution in [2.45, 2.75) is 38.5 Å². The molecule has 0 aliphatic rings. The first-order valence-corrected chi connectivity index (χ1v) is 4.64. The molecule has 0 spiro atoms. The second-order valence-electron chi connectivity index (χ2n) is 2.88. The third-order valence-electron chi connectivity index (χ3n) is 1.80. The van der Waals surface area contributed by atoms with Gasteiger partial charge < -0.3 is 0 Å². The maximum Gasteiger partial charge on any atom is 0.0625 e. The summed E-state index contributed by atoms with van der Waals surface area (Å²) in [6, 6.07) is 6.21. The highest BCUT2D eigenvalue weighted by molar-refractivity contribution is 5.05. The highest BCUT2D eigenvalue weighted by Crippen LogP contribution is 2.13. The molecule has 0 aliphatic heterocycles. The normalized spacial score (nSPS) is 8.07. The first kappa shape index (κ1) is 12.2. The lowest BCUT2D eigenvalue weighted by Gasteiger charge is -2.01. The lowest BCUT2D eigenvalue weighted by Crippen LogP contribution is -1.84. The van der Waals surface area contributed by atoms with Crippen LogP contribution in [0.5, 0.6) is 0 Å². The van der Waals surface area contributed by atoms with Crippen molar-refractivity contribution in [3.63, 3.8) is 0 Å². The van der Waals surface area contributed by atoms with E-state index < -0.39 is 0 Å². The van der Waals surface area contributed by atoms with Gasteiger partial charge >= 0.3 is 0 Å². The van der Waals surface area contributed by atoms with Crippen molar-refractivity contribution in [1.82, 2.24) is 0 Å². The topological polar surface area (TPSA) is 71.4 Å². The van der Waals surface area contributed by atoms with Crippen molar-refractivity contribution >= 4 is 0 Å². The maximum absolute atomic E-state index is 8.42. The van der Waals surface area contributed by atoms with E-state index in [1.807, 2.05) is 6.08 Å². The fourth-order valence-corrected chi connectivity index (χ4v) is 1.10. The van der Waals surface area contributed by atoms with Crippen LogP contribution in [0.2, 0.25) is 0 Å². The number of rotatable bonds is 6. The molecule has 0 radical (unpaired) electrons. The number of hydrogen-bond acceptors (Lipinski definition) is 3. The largest absolute Gasteiger partial charge is 0.198 e. The minimum absolute atomic E-state index is 0.490. The van der Waals surface area contributed by atoms with Gasteiger partial charge in [-0.3, -0.25) is 0 Å². The molecule has 0 heterocycles. The molecule has 14 heavy (non-hydrogen) atoms. The summed E-state index contributed by atoms with van der Waals surface area (Å²) in [5, 5.41) is 25.2. The van der Waals surface area contributed by atoms with Crippen LogP contribution < -0.4 is 0 Å². The summed E-state index contributed by atoms with van der Waals surface area (Å²) in [5.41, 5.74) is 1.13. The van der Waals surface area contributed by atoms with Crippen molar-refractivity contribution in [3.8, 4) is 18.2 Å². The van der Waals surface area contributed by atoms with Gasteiger partial charge in [0.1, 0.15) is 0 Å². The molecule has 0 bridgehead atoms. The second-order valence-corrected chi connectivity index (χ2v) is 2.88. The molecule has 0 aromatic heterocycles. The number of nitrogens with zero attached hydrogens (tertiary/aromatic N) is 3. The van der Waals surface area contributed by atoms with E-state index >= 15 is 0 Å². The first-order chi connectivity index (χ1) is 6.85. The summed E-state index contributed by atoms with van der Waals surface area (Å²) >= 11 is 0. The summed E-state index contributed by atoms with van der Waals surface area (Å²) in [6.45, 7) is 0. The van der Waals surface area contributed by atoms with Crippen LogP contribution in [0.3, 0.4) is 0 Å². The molecular weight excluding hydrogens is 174 g/mol. The number of unbranched alkanes of at least 4 members (excludes halogenated alkanes) is 1.